The van der Waals surface area contributed by atoms with Crippen LogP contribution in [0.25, 0.3) is 0 Å². The summed E-state index contributed by atoms with van der Waals surface area (Å²) in [6, 6.07) is 0.567. The normalized spacial score (nSPS) is 39.2. The second-order valence-corrected chi connectivity index (χ2v) is 17.0. The molecule has 4 saturated carbocycles. The SMILES string of the molecule is C[C@H](COS(=O)(=O)O)[C@H](O)CC[C@@H](C)[C@H]1CC[C@H]2[C@@H]3[C@H](O)C[C@H]4C[C@@H](NCCCNCCCCN)CC[C@]4(C)[C@H]3CC[C@]12C. The molecule has 0 saturated heterocycles. The van der Waals surface area contributed by atoms with Gasteiger partial charge < -0.3 is 26.6 Å². The first-order valence-electron chi connectivity index (χ1n) is 17.9. The Morgan fingerprint density at radius 3 is 2.36 bits per heavy atom. The average Bonchev–Trinajstić information content (AvgIpc) is 3.33. The highest BCUT2D eigenvalue weighted by Gasteiger charge is 2.62. The van der Waals surface area contributed by atoms with Crippen molar-refractivity contribution in [3.8, 4) is 0 Å². The van der Waals surface area contributed by atoms with E-state index in [-0.39, 0.29) is 24.0 Å². The van der Waals surface area contributed by atoms with Crippen LogP contribution in [0.4, 0.5) is 0 Å². The van der Waals surface area contributed by atoms with Crippen LogP contribution in [-0.2, 0) is 14.6 Å². The van der Waals surface area contributed by atoms with Crippen LogP contribution in [0, 0.1) is 52.3 Å². The van der Waals surface area contributed by atoms with Gasteiger partial charge in [-0.15, -0.1) is 0 Å². The van der Waals surface area contributed by atoms with Crippen LogP contribution in [0.5, 0.6) is 0 Å². The molecule has 9 nitrogen and oxygen atoms in total. The fourth-order valence-corrected chi connectivity index (χ4v) is 11.0. The van der Waals surface area contributed by atoms with Crippen molar-refractivity contribution in [2.24, 2.45) is 58.0 Å². The lowest BCUT2D eigenvalue weighted by Gasteiger charge is -2.62. The highest BCUT2D eigenvalue weighted by molar-refractivity contribution is 7.80. The summed E-state index contributed by atoms with van der Waals surface area (Å²) >= 11 is 0. The monoisotopic (exact) mass is 643 g/mol. The molecule has 4 aliphatic rings. The number of rotatable bonds is 17. The van der Waals surface area contributed by atoms with Gasteiger partial charge in [-0.2, -0.15) is 8.42 Å². The Morgan fingerprint density at radius 2 is 1.64 bits per heavy atom. The Balaban J connectivity index is 1.28. The number of aliphatic hydroxyl groups is 2. The summed E-state index contributed by atoms with van der Waals surface area (Å²) < 4.78 is 35.2. The van der Waals surface area contributed by atoms with Crippen LogP contribution in [0.15, 0.2) is 0 Å². The Kier molecular flexibility index (Phi) is 13.0. The summed E-state index contributed by atoms with van der Waals surface area (Å²) in [7, 11) is -4.50. The number of unbranched alkanes of at least 4 members (excludes halogenated alkanes) is 1. The maximum Gasteiger partial charge on any atom is 0.397 e. The fraction of sp³-hybridized carbons (Fsp3) is 1.00. The minimum Gasteiger partial charge on any atom is -0.393 e. The zero-order valence-corrected chi connectivity index (χ0v) is 28.9. The number of nitrogens with one attached hydrogen (secondary N) is 2. The van der Waals surface area contributed by atoms with Gasteiger partial charge in [-0.3, -0.25) is 4.55 Å². The van der Waals surface area contributed by atoms with E-state index in [1.807, 2.05) is 0 Å². The number of fused-ring (bicyclic) bond motifs is 5. The molecule has 4 fully saturated rings. The first kappa shape index (κ1) is 36.5. The van der Waals surface area contributed by atoms with Gasteiger partial charge in [0.1, 0.15) is 0 Å². The van der Waals surface area contributed by atoms with E-state index in [9.17, 15) is 18.6 Å². The number of hydrogen-bond donors (Lipinski definition) is 6. The van der Waals surface area contributed by atoms with Crippen LogP contribution in [0.3, 0.4) is 0 Å². The summed E-state index contributed by atoms with van der Waals surface area (Å²) in [6.45, 7) is 12.9. The second-order valence-electron chi connectivity index (χ2n) is 15.9. The molecule has 0 heterocycles. The van der Waals surface area contributed by atoms with Gasteiger partial charge in [0.15, 0.2) is 0 Å². The molecule has 4 aliphatic carbocycles. The van der Waals surface area contributed by atoms with Crippen molar-refractivity contribution in [3.63, 3.8) is 0 Å². The van der Waals surface area contributed by atoms with E-state index in [1.165, 1.54) is 44.9 Å². The quantitative estimate of drug-likeness (QED) is 0.0991. The molecule has 0 amide bonds. The van der Waals surface area contributed by atoms with Crippen LogP contribution >= 0.6 is 0 Å². The largest absolute Gasteiger partial charge is 0.397 e. The molecule has 7 N–H and O–H groups in total. The third kappa shape index (κ3) is 8.57. The van der Waals surface area contributed by atoms with Crippen molar-refractivity contribution in [2.45, 2.75) is 129 Å². The lowest BCUT2D eigenvalue weighted by Crippen LogP contribution is -2.59. The van der Waals surface area contributed by atoms with Gasteiger partial charge in [-0.05, 0) is 156 Å². The molecule has 0 aromatic heterocycles. The van der Waals surface area contributed by atoms with E-state index < -0.39 is 16.5 Å². The summed E-state index contributed by atoms with van der Waals surface area (Å²) in [5, 5.41) is 29.8. The van der Waals surface area contributed by atoms with Crippen LogP contribution in [0.2, 0.25) is 0 Å². The van der Waals surface area contributed by atoms with Gasteiger partial charge in [0.2, 0.25) is 0 Å². The number of aliphatic hydroxyl groups excluding tert-OH is 2. The Bertz CT molecular complexity index is 1000. The Morgan fingerprint density at radius 1 is 0.932 bits per heavy atom. The lowest BCUT2D eigenvalue weighted by molar-refractivity contribution is -0.167. The van der Waals surface area contributed by atoms with Gasteiger partial charge in [0, 0.05) is 12.0 Å². The van der Waals surface area contributed by atoms with E-state index >= 15 is 0 Å². The van der Waals surface area contributed by atoms with E-state index in [0.717, 1.165) is 58.3 Å². The van der Waals surface area contributed by atoms with E-state index in [1.54, 1.807) is 6.92 Å². The molecule has 0 aliphatic heterocycles. The third-order valence-electron chi connectivity index (χ3n) is 13.3. The van der Waals surface area contributed by atoms with Crippen molar-refractivity contribution >= 4 is 10.4 Å². The van der Waals surface area contributed by atoms with E-state index in [0.29, 0.717) is 53.4 Å². The number of hydrogen-bond acceptors (Lipinski definition) is 8. The molecule has 0 spiro atoms. The van der Waals surface area contributed by atoms with Gasteiger partial charge in [-0.25, -0.2) is 4.18 Å². The molecule has 10 heteroatoms. The summed E-state index contributed by atoms with van der Waals surface area (Å²) in [6.07, 6.45) is 13.4. The highest BCUT2D eigenvalue weighted by atomic mass is 32.3. The molecule has 0 aromatic rings. The van der Waals surface area contributed by atoms with Crippen LogP contribution in [-0.4, -0.2) is 74.2 Å². The maximum atomic E-state index is 11.8. The summed E-state index contributed by atoms with van der Waals surface area (Å²) in [5.41, 5.74) is 6.12. The van der Waals surface area contributed by atoms with E-state index in [4.69, 9.17) is 10.3 Å². The minimum absolute atomic E-state index is 0.210. The van der Waals surface area contributed by atoms with Gasteiger partial charge in [0.25, 0.3) is 0 Å². The molecule has 4 rings (SSSR count). The standard InChI is InChI=1S/C34H65N3O6S/c1-23(8-11-30(38)24(2)22-43-44(40,41)42)27-9-10-28-32-29(13-15-34(27,28)4)33(3)14-12-26(20-25(33)21-31(32)39)37-19-7-18-36-17-6-5-16-35/h23-32,36-39H,5-22,35H2,1-4H3,(H,40,41,42)/t23-,24-,25-,26+,27-,28+,29+,30-,31-,32+,33+,34-/m1/s1. The summed E-state index contributed by atoms with van der Waals surface area (Å²) in [5.74, 6) is 2.78. The number of nitrogens with two attached hydrogens (primary N) is 1. The first-order valence-corrected chi connectivity index (χ1v) is 19.3. The van der Waals surface area contributed by atoms with Crippen molar-refractivity contribution < 1.29 is 27.4 Å². The van der Waals surface area contributed by atoms with Crippen LogP contribution < -0.4 is 16.4 Å². The molecule has 258 valence electrons. The van der Waals surface area contributed by atoms with Gasteiger partial charge in [-0.1, -0.05) is 27.7 Å². The van der Waals surface area contributed by atoms with Crippen molar-refractivity contribution in [1.29, 1.82) is 0 Å². The molecule has 0 unspecified atom stereocenters. The Hall–Kier alpha value is -0.330. The van der Waals surface area contributed by atoms with Crippen molar-refractivity contribution in [1.82, 2.24) is 10.6 Å². The molecule has 0 radical (unpaired) electrons. The predicted molar refractivity (Wildman–Crippen MR) is 175 cm³/mol. The molecule has 0 bridgehead atoms. The predicted octanol–water partition coefficient (Wildman–Crippen LogP) is 4.53. The zero-order valence-electron chi connectivity index (χ0n) is 28.1. The minimum atomic E-state index is -4.50. The zero-order chi connectivity index (χ0) is 32.1. The lowest BCUT2D eigenvalue weighted by atomic mass is 9.43. The molecule has 12 atom stereocenters. The van der Waals surface area contributed by atoms with Gasteiger partial charge >= 0.3 is 10.4 Å². The highest BCUT2D eigenvalue weighted by Crippen LogP contribution is 2.68. The van der Waals surface area contributed by atoms with Gasteiger partial charge in [0.05, 0.1) is 18.8 Å². The molecular formula is C34H65N3O6S. The van der Waals surface area contributed by atoms with Crippen LogP contribution in [0.1, 0.15) is 111 Å². The maximum absolute atomic E-state index is 11.8. The van der Waals surface area contributed by atoms with Crippen molar-refractivity contribution in [3.05, 3.63) is 0 Å². The topological polar surface area (TPSA) is 154 Å². The molecule has 44 heavy (non-hydrogen) atoms. The molecule has 0 aromatic carbocycles. The third-order valence-corrected chi connectivity index (χ3v) is 13.7. The smallest absolute Gasteiger partial charge is 0.393 e. The average molecular weight is 644 g/mol. The Labute approximate surface area is 268 Å². The van der Waals surface area contributed by atoms with E-state index in [2.05, 4.69) is 35.6 Å². The molecular weight excluding hydrogens is 578 g/mol. The summed E-state index contributed by atoms with van der Waals surface area (Å²) in [4.78, 5) is 0. The first-order chi connectivity index (χ1) is 20.8. The second kappa shape index (κ2) is 15.7. The van der Waals surface area contributed by atoms with Crippen molar-refractivity contribution in [2.75, 3.05) is 32.8 Å². The fourth-order valence-electron chi connectivity index (χ4n) is 10.6.